The van der Waals surface area contributed by atoms with Gasteiger partial charge in [-0.2, -0.15) is 18.3 Å². The number of aryl methyl sites for hydroxylation is 2. The van der Waals surface area contributed by atoms with E-state index in [0.29, 0.717) is 30.1 Å². The summed E-state index contributed by atoms with van der Waals surface area (Å²) in [5.74, 6) is -0.0683. The first kappa shape index (κ1) is 20.4. The summed E-state index contributed by atoms with van der Waals surface area (Å²) in [6, 6.07) is 7.30. The van der Waals surface area contributed by atoms with Gasteiger partial charge in [0.05, 0.1) is 31.4 Å². The Morgan fingerprint density at radius 3 is 2.71 bits per heavy atom. The molecule has 0 radical (unpaired) electrons. The summed E-state index contributed by atoms with van der Waals surface area (Å²) >= 11 is 0. The molecule has 1 aromatic heterocycles. The van der Waals surface area contributed by atoms with Gasteiger partial charge in [0.2, 0.25) is 5.91 Å². The van der Waals surface area contributed by atoms with Gasteiger partial charge in [0.15, 0.2) is 0 Å². The topological polar surface area (TPSA) is 47.4 Å². The molecule has 0 saturated carbocycles. The van der Waals surface area contributed by atoms with Crippen LogP contribution in [0.4, 0.5) is 13.2 Å². The third-order valence-electron chi connectivity index (χ3n) is 4.99. The Balaban J connectivity index is 1.86. The van der Waals surface area contributed by atoms with Gasteiger partial charge in [-0.15, -0.1) is 0 Å². The molecule has 5 nitrogen and oxygen atoms in total. The smallest absolute Gasteiger partial charge is 0.377 e. The number of morpholine rings is 1. The number of ether oxygens (including phenoxy) is 1. The van der Waals surface area contributed by atoms with Gasteiger partial charge in [0.25, 0.3) is 0 Å². The van der Waals surface area contributed by atoms with Crippen molar-refractivity contribution in [3.63, 3.8) is 0 Å². The summed E-state index contributed by atoms with van der Waals surface area (Å²) < 4.78 is 45.0. The Morgan fingerprint density at radius 1 is 1.29 bits per heavy atom. The molecule has 1 aromatic carbocycles. The molecule has 1 saturated heterocycles. The van der Waals surface area contributed by atoms with Gasteiger partial charge in [-0.25, -0.2) is 0 Å². The van der Waals surface area contributed by atoms with Crippen molar-refractivity contribution in [3.05, 3.63) is 52.3 Å². The van der Waals surface area contributed by atoms with E-state index in [1.54, 1.807) is 18.7 Å². The Bertz CT molecular complexity index is 861. The van der Waals surface area contributed by atoms with E-state index < -0.39 is 18.8 Å². The van der Waals surface area contributed by atoms with Crippen LogP contribution in [0.5, 0.6) is 0 Å². The molecule has 3 rings (SSSR count). The van der Waals surface area contributed by atoms with Crippen LogP contribution in [0, 0.1) is 20.8 Å². The van der Waals surface area contributed by atoms with E-state index in [-0.39, 0.29) is 18.9 Å². The van der Waals surface area contributed by atoms with Crippen LogP contribution < -0.4 is 0 Å². The molecule has 0 N–H and O–H groups in total. The van der Waals surface area contributed by atoms with Crippen LogP contribution >= 0.6 is 0 Å². The minimum absolute atomic E-state index is 0.0683. The molecule has 152 valence electrons. The number of aromatic nitrogens is 2. The molecule has 0 unspecified atom stereocenters. The fourth-order valence-electron chi connectivity index (χ4n) is 3.76. The maximum Gasteiger partial charge on any atom is 0.408 e. The molecule has 1 aliphatic heterocycles. The van der Waals surface area contributed by atoms with Crippen molar-refractivity contribution in [1.82, 2.24) is 14.7 Å². The summed E-state index contributed by atoms with van der Waals surface area (Å²) in [6.45, 7) is 5.16. The minimum atomic E-state index is -4.36. The largest absolute Gasteiger partial charge is 0.408 e. The van der Waals surface area contributed by atoms with E-state index in [0.717, 1.165) is 15.8 Å². The number of benzene rings is 1. The van der Waals surface area contributed by atoms with E-state index in [1.807, 2.05) is 31.2 Å². The molecule has 1 fully saturated rings. The lowest BCUT2D eigenvalue weighted by Crippen LogP contribution is -2.44. The number of hydrogen-bond donors (Lipinski definition) is 0. The molecule has 1 atom stereocenters. The average Bonchev–Trinajstić information content (AvgIpc) is 2.86. The minimum Gasteiger partial charge on any atom is -0.377 e. The average molecular weight is 395 g/mol. The van der Waals surface area contributed by atoms with Crippen LogP contribution in [0.1, 0.15) is 34.1 Å². The molecule has 2 aromatic rings. The molecule has 1 amide bonds. The summed E-state index contributed by atoms with van der Waals surface area (Å²) in [6.07, 6.45) is -4.11. The molecule has 28 heavy (non-hydrogen) atoms. The summed E-state index contributed by atoms with van der Waals surface area (Å²) in [4.78, 5) is 14.7. The second-order valence-corrected chi connectivity index (χ2v) is 7.20. The van der Waals surface area contributed by atoms with Gasteiger partial charge in [0.1, 0.15) is 6.54 Å². The summed E-state index contributed by atoms with van der Waals surface area (Å²) in [5.41, 5.74) is 3.53. The lowest BCUT2D eigenvalue weighted by atomic mass is 10.0. The monoisotopic (exact) mass is 395 g/mol. The molecule has 0 aliphatic carbocycles. The van der Waals surface area contributed by atoms with Gasteiger partial charge in [-0.05, 0) is 26.3 Å². The first-order chi connectivity index (χ1) is 13.2. The van der Waals surface area contributed by atoms with E-state index in [2.05, 4.69) is 5.10 Å². The zero-order chi connectivity index (χ0) is 20.5. The van der Waals surface area contributed by atoms with Crippen molar-refractivity contribution < 1.29 is 22.7 Å². The predicted molar refractivity (Wildman–Crippen MR) is 97.9 cm³/mol. The number of carbonyl (C=O) groups excluding carboxylic acids is 1. The van der Waals surface area contributed by atoms with Gasteiger partial charge in [-0.1, -0.05) is 29.8 Å². The van der Waals surface area contributed by atoms with E-state index in [1.165, 1.54) is 0 Å². The van der Waals surface area contributed by atoms with Crippen molar-refractivity contribution in [3.8, 4) is 0 Å². The quantitative estimate of drug-likeness (QED) is 0.796. The van der Waals surface area contributed by atoms with E-state index >= 15 is 0 Å². The maximum atomic E-state index is 13.0. The predicted octanol–water partition coefficient (Wildman–Crippen LogP) is 3.51. The SMILES string of the molecule is Cc1cccc(CC(=O)N2CCOC[C@H]2c2c(C)nn(CC(F)(F)F)c2C)c1. The number of rotatable bonds is 4. The Morgan fingerprint density at radius 2 is 2.04 bits per heavy atom. The zero-order valence-electron chi connectivity index (χ0n) is 16.2. The highest BCUT2D eigenvalue weighted by molar-refractivity contribution is 5.79. The standard InChI is InChI=1S/C20H24F3N3O2/c1-13-5-4-6-16(9-13)10-18(27)25-7-8-28-11-17(25)19-14(2)24-26(15(19)3)12-20(21,22)23/h4-6,9,17H,7-8,10-12H2,1-3H3/t17-/m0/s1. The first-order valence-corrected chi connectivity index (χ1v) is 9.19. The summed E-state index contributed by atoms with van der Waals surface area (Å²) in [7, 11) is 0. The zero-order valence-corrected chi connectivity index (χ0v) is 16.2. The van der Waals surface area contributed by atoms with Gasteiger partial charge in [0, 0.05) is 17.8 Å². The third-order valence-corrected chi connectivity index (χ3v) is 4.99. The van der Waals surface area contributed by atoms with Crippen molar-refractivity contribution in [2.75, 3.05) is 19.8 Å². The van der Waals surface area contributed by atoms with Gasteiger partial charge >= 0.3 is 6.18 Å². The number of halogens is 3. The van der Waals surface area contributed by atoms with Gasteiger partial charge in [-0.3, -0.25) is 9.48 Å². The Kier molecular flexibility index (Phi) is 5.79. The van der Waals surface area contributed by atoms with Gasteiger partial charge < -0.3 is 9.64 Å². The second-order valence-electron chi connectivity index (χ2n) is 7.20. The number of hydrogen-bond acceptors (Lipinski definition) is 3. The van der Waals surface area contributed by atoms with E-state index in [4.69, 9.17) is 4.74 Å². The molecule has 2 heterocycles. The van der Waals surface area contributed by atoms with Crippen LogP contribution in [0.2, 0.25) is 0 Å². The number of carbonyl (C=O) groups is 1. The highest BCUT2D eigenvalue weighted by Gasteiger charge is 2.35. The lowest BCUT2D eigenvalue weighted by Gasteiger charge is -2.36. The van der Waals surface area contributed by atoms with E-state index in [9.17, 15) is 18.0 Å². The molecule has 0 spiro atoms. The Hall–Kier alpha value is -2.35. The van der Waals surface area contributed by atoms with Crippen molar-refractivity contribution >= 4 is 5.91 Å². The van der Waals surface area contributed by atoms with Crippen LogP contribution in [-0.4, -0.2) is 46.5 Å². The van der Waals surface area contributed by atoms with Crippen LogP contribution in [0.15, 0.2) is 24.3 Å². The molecular weight excluding hydrogens is 371 g/mol. The van der Waals surface area contributed by atoms with Crippen LogP contribution in [-0.2, 0) is 22.5 Å². The van der Waals surface area contributed by atoms with Crippen molar-refractivity contribution in [2.45, 2.75) is 46.0 Å². The number of nitrogens with zero attached hydrogens (tertiary/aromatic N) is 3. The van der Waals surface area contributed by atoms with Crippen molar-refractivity contribution in [1.29, 1.82) is 0 Å². The maximum absolute atomic E-state index is 13.0. The summed E-state index contributed by atoms with van der Waals surface area (Å²) in [5, 5.41) is 4.06. The third kappa shape index (κ3) is 4.55. The molecular formula is C20H24F3N3O2. The van der Waals surface area contributed by atoms with Crippen LogP contribution in [0.3, 0.4) is 0 Å². The molecule has 8 heteroatoms. The highest BCUT2D eigenvalue weighted by Crippen LogP contribution is 2.31. The molecule has 1 aliphatic rings. The van der Waals surface area contributed by atoms with Crippen molar-refractivity contribution in [2.24, 2.45) is 0 Å². The Labute approximate surface area is 162 Å². The second kappa shape index (κ2) is 7.95. The fourth-order valence-corrected chi connectivity index (χ4v) is 3.76. The number of alkyl halides is 3. The van der Waals surface area contributed by atoms with Crippen LogP contribution in [0.25, 0.3) is 0 Å². The first-order valence-electron chi connectivity index (χ1n) is 9.19. The lowest BCUT2D eigenvalue weighted by molar-refractivity contribution is -0.143. The normalized spacial score (nSPS) is 17.8. The fraction of sp³-hybridized carbons (Fsp3) is 0.500. The number of amides is 1. The highest BCUT2D eigenvalue weighted by atomic mass is 19.4. The molecule has 0 bridgehead atoms.